The summed E-state index contributed by atoms with van der Waals surface area (Å²) in [5.74, 6) is 7.08. The van der Waals surface area contributed by atoms with Crippen molar-refractivity contribution in [1.82, 2.24) is 0 Å². The first kappa shape index (κ1) is 50.1. The summed E-state index contributed by atoms with van der Waals surface area (Å²) in [7, 11) is 1.87. The summed E-state index contributed by atoms with van der Waals surface area (Å²) in [6.45, 7) is 13.8. The van der Waals surface area contributed by atoms with Crippen LogP contribution in [0.2, 0.25) is 0 Å². The van der Waals surface area contributed by atoms with E-state index in [1.165, 1.54) is 121 Å². The Morgan fingerprint density at radius 1 is 0.636 bits per heavy atom. The first-order valence-corrected chi connectivity index (χ1v) is 27.7. The number of aliphatic hydroxyl groups excluding tert-OH is 1. The van der Waals surface area contributed by atoms with Crippen molar-refractivity contribution in [3.05, 3.63) is 34.6 Å². The number of carboxylic acid groups (broad SMARTS) is 1. The van der Waals surface area contributed by atoms with Crippen LogP contribution in [0.15, 0.2) is 34.6 Å². The highest BCUT2D eigenvalue weighted by molar-refractivity contribution is 5.79. The number of ether oxygens (including phenoxy) is 2. The van der Waals surface area contributed by atoms with E-state index < -0.39 is 5.97 Å². The average molecular weight is 913 g/mol. The lowest BCUT2D eigenvalue weighted by molar-refractivity contribution is -0.140. The van der Waals surface area contributed by atoms with Gasteiger partial charge in [-0.25, -0.2) is 0 Å². The fourth-order valence-corrected chi connectivity index (χ4v) is 18.1. The minimum atomic E-state index is -0.646. The van der Waals surface area contributed by atoms with E-state index in [0.717, 1.165) is 98.6 Å². The van der Waals surface area contributed by atoms with E-state index in [-0.39, 0.29) is 28.3 Å². The van der Waals surface area contributed by atoms with Crippen LogP contribution in [0.1, 0.15) is 221 Å². The van der Waals surface area contributed by atoms with Crippen molar-refractivity contribution < 1.29 is 34.1 Å². The number of allylic oxidation sites excluding steroid dienone is 4. The minimum Gasteiger partial charge on any atom is -0.481 e. The monoisotopic (exact) mass is 913 g/mol. The summed E-state index contributed by atoms with van der Waals surface area (Å²) >= 11 is 0. The van der Waals surface area contributed by atoms with Crippen LogP contribution in [0.4, 0.5) is 0 Å². The van der Waals surface area contributed by atoms with Gasteiger partial charge in [-0.05, 0) is 204 Å². The van der Waals surface area contributed by atoms with Crippen LogP contribution in [-0.2, 0) is 23.9 Å². The van der Waals surface area contributed by atoms with E-state index >= 15 is 0 Å². The number of carboxylic acids is 1. The number of Topliss-reactive ketones (excluding diaryl/α,β-unsaturated/α-hetero) is 1. The van der Waals surface area contributed by atoms with Crippen LogP contribution in [0.3, 0.4) is 0 Å². The molecule has 0 saturated heterocycles. The zero-order valence-corrected chi connectivity index (χ0v) is 42.7. The number of rotatable bonds is 9. The van der Waals surface area contributed by atoms with Gasteiger partial charge >= 0.3 is 11.9 Å². The number of aliphatic carboxylic acids is 1. The number of fused-ring (bicyclic) bond motifs is 10. The van der Waals surface area contributed by atoms with Crippen molar-refractivity contribution in [1.29, 1.82) is 0 Å². The molecule has 8 fully saturated rings. The first-order chi connectivity index (χ1) is 31.5. The summed E-state index contributed by atoms with van der Waals surface area (Å²) in [4.78, 5) is 35.0. The smallest absolute Gasteiger partial charge is 0.310 e. The minimum absolute atomic E-state index is 0.0128. The van der Waals surface area contributed by atoms with Gasteiger partial charge in [-0.2, -0.15) is 0 Å². The molecule has 8 saturated carbocycles. The van der Waals surface area contributed by atoms with Crippen LogP contribution in [0, 0.1) is 74.9 Å². The Hall–Kier alpha value is -2.25. The molecule has 370 valence electrons. The van der Waals surface area contributed by atoms with Crippen LogP contribution in [0.5, 0.6) is 0 Å². The first-order valence-electron chi connectivity index (χ1n) is 27.7. The molecular formula is C59H92O7. The van der Waals surface area contributed by atoms with E-state index in [0.29, 0.717) is 42.0 Å². The second kappa shape index (κ2) is 20.6. The molecule has 0 aliphatic heterocycles. The Kier molecular flexibility index (Phi) is 15.7. The second-order valence-electron chi connectivity index (χ2n) is 25.1. The van der Waals surface area contributed by atoms with Gasteiger partial charge in [0.25, 0.3) is 0 Å². The quantitative estimate of drug-likeness (QED) is 0.135. The Labute approximate surface area is 400 Å². The van der Waals surface area contributed by atoms with Gasteiger partial charge in [0, 0.05) is 25.9 Å². The highest BCUT2D eigenvalue weighted by Crippen LogP contribution is 2.68. The number of hydrogen-bond acceptors (Lipinski definition) is 6. The summed E-state index contributed by atoms with van der Waals surface area (Å²) < 4.78 is 11.6. The molecule has 0 bridgehead atoms. The largest absolute Gasteiger partial charge is 0.481 e. The molecule has 0 heterocycles. The molecule has 10 aliphatic rings. The molecule has 0 aromatic carbocycles. The van der Waals surface area contributed by atoms with Crippen LogP contribution >= 0.6 is 0 Å². The number of esters is 1. The molecule has 66 heavy (non-hydrogen) atoms. The van der Waals surface area contributed by atoms with E-state index in [1.807, 2.05) is 14.0 Å². The van der Waals surface area contributed by atoms with E-state index in [2.05, 4.69) is 46.8 Å². The number of aliphatic hydroxyl groups is 1. The van der Waals surface area contributed by atoms with Gasteiger partial charge < -0.3 is 19.7 Å². The van der Waals surface area contributed by atoms with Crippen LogP contribution < -0.4 is 0 Å². The summed E-state index contributed by atoms with van der Waals surface area (Å²) in [5.41, 5.74) is 5.82. The normalized spacial score (nSPS) is 42.3. The summed E-state index contributed by atoms with van der Waals surface area (Å²) in [6.07, 6.45) is 37.5. The lowest BCUT2D eigenvalue weighted by atomic mass is 9.47. The van der Waals surface area contributed by atoms with Gasteiger partial charge in [0.1, 0.15) is 11.5 Å². The van der Waals surface area contributed by atoms with Gasteiger partial charge in [-0.3, -0.25) is 14.4 Å². The fourth-order valence-electron chi connectivity index (χ4n) is 18.1. The van der Waals surface area contributed by atoms with Crippen LogP contribution in [0.25, 0.3) is 0 Å². The predicted molar refractivity (Wildman–Crippen MR) is 263 cm³/mol. The van der Waals surface area contributed by atoms with E-state index in [9.17, 15) is 19.5 Å². The fraction of sp³-hybridized carbons (Fsp3) is 0.847. The average Bonchev–Trinajstić information content (AvgIpc) is 4.12. The molecule has 0 aromatic rings. The van der Waals surface area contributed by atoms with Gasteiger partial charge in [0.15, 0.2) is 0 Å². The third kappa shape index (κ3) is 9.90. The molecule has 13 unspecified atom stereocenters. The van der Waals surface area contributed by atoms with Gasteiger partial charge in [0.2, 0.25) is 0 Å². The Bertz CT molecular complexity index is 1850. The SMILES string of the molecule is C/C(OC(=O)CCC1CCCC1)=C1/CCC2C3CC=C4CC(O)CCC4(C)C3CCC12C.COC1CCC2(C)C(=CCC3C2CCC2(C)C(C(C)=O)CCC32)C1.O=C(O)CCC1CCCC1. The molecule has 10 aliphatic carbocycles. The number of hydrogen-bond donors (Lipinski definition) is 2. The van der Waals surface area contributed by atoms with Crippen molar-refractivity contribution in [3.63, 3.8) is 0 Å². The second-order valence-corrected chi connectivity index (χ2v) is 25.1. The standard InChI is InChI=1S/C29H44O3.C22H34O2.C8H14O2/c1-19(32-27(31)13-8-20-6-4-5-7-20)24-11-12-25-23-10-9-21-18-22(30)14-16-28(21,2)26(23)15-17-29(24,25)3;1-14(23)18-7-8-19-17-6-5-15-13-16(24-4)9-11-21(15,2)20(17)10-12-22(18,19)3;9-8(10)6-5-7-3-1-2-4-7/h9,20,22-23,25-26,30H,4-8,10-18H2,1-3H3;5,16-20H,6-13H2,1-4H3;7H,1-6H2,(H,9,10)/b24-19+;;. The lowest BCUT2D eigenvalue weighted by Crippen LogP contribution is -2.51. The number of methoxy groups -OCH3 is 1. The van der Waals surface area contributed by atoms with E-state index in [4.69, 9.17) is 14.6 Å². The van der Waals surface area contributed by atoms with Crippen molar-refractivity contribution in [2.45, 2.75) is 234 Å². The molecule has 13 atom stereocenters. The zero-order valence-electron chi connectivity index (χ0n) is 42.7. The zero-order chi connectivity index (χ0) is 47.0. The summed E-state index contributed by atoms with van der Waals surface area (Å²) in [6, 6.07) is 0. The van der Waals surface area contributed by atoms with Gasteiger partial charge in [0.05, 0.1) is 12.2 Å². The van der Waals surface area contributed by atoms with E-state index in [1.54, 1.807) is 11.1 Å². The molecule has 0 aromatic heterocycles. The van der Waals surface area contributed by atoms with Crippen molar-refractivity contribution in [2.24, 2.45) is 74.9 Å². The van der Waals surface area contributed by atoms with Crippen LogP contribution in [-0.4, -0.2) is 47.3 Å². The van der Waals surface area contributed by atoms with Gasteiger partial charge in [-0.1, -0.05) is 102 Å². The molecule has 7 heteroatoms. The third-order valence-electron chi connectivity index (χ3n) is 21.9. The molecular weight excluding hydrogens is 821 g/mol. The predicted octanol–water partition coefficient (Wildman–Crippen LogP) is 14.3. The third-order valence-corrected chi connectivity index (χ3v) is 21.9. The number of carbonyl (C=O) groups excluding carboxylic acids is 2. The Morgan fingerprint density at radius 2 is 1.18 bits per heavy atom. The lowest BCUT2D eigenvalue weighted by Gasteiger charge is -2.58. The van der Waals surface area contributed by atoms with Gasteiger partial charge in [-0.15, -0.1) is 0 Å². The highest BCUT2D eigenvalue weighted by atomic mass is 16.5. The molecule has 7 nitrogen and oxygen atoms in total. The summed E-state index contributed by atoms with van der Waals surface area (Å²) in [5, 5.41) is 18.6. The topological polar surface area (TPSA) is 110 Å². The molecule has 0 amide bonds. The van der Waals surface area contributed by atoms with Crippen molar-refractivity contribution in [2.75, 3.05) is 7.11 Å². The van der Waals surface area contributed by atoms with Crippen molar-refractivity contribution >= 4 is 17.7 Å². The molecule has 2 N–H and O–H groups in total. The molecule has 0 radical (unpaired) electrons. The van der Waals surface area contributed by atoms with Crippen molar-refractivity contribution in [3.8, 4) is 0 Å². The number of carbonyl (C=O) groups is 3. The maximum Gasteiger partial charge on any atom is 0.310 e. The Balaban J connectivity index is 0.000000153. The Morgan fingerprint density at radius 3 is 1.79 bits per heavy atom. The maximum absolute atomic E-state index is 12.6. The maximum atomic E-state index is 12.6. The molecule has 0 spiro atoms. The molecule has 10 rings (SSSR count). The number of ketones is 1. The highest BCUT2D eigenvalue weighted by Gasteiger charge is 2.60.